The summed E-state index contributed by atoms with van der Waals surface area (Å²) >= 11 is 0. The lowest BCUT2D eigenvalue weighted by Crippen LogP contribution is -2.30. The largest absolute Gasteiger partial charge is 0.507 e. The van der Waals surface area contributed by atoms with E-state index in [0.29, 0.717) is 11.3 Å². The summed E-state index contributed by atoms with van der Waals surface area (Å²) in [5, 5.41) is 9.82. The van der Waals surface area contributed by atoms with E-state index < -0.39 is 0 Å². The van der Waals surface area contributed by atoms with Gasteiger partial charge in [-0.3, -0.25) is 4.79 Å². The standard InChI is InChI=1S/C16H23NO3/c1-4-10-17(11-5-2)16(19)9-7-13-6-8-14(20-3)12-15(13)18/h6-9,12,18H,4-5,10-11H2,1-3H3/b9-7+. The van der Waals surface area contributed by atoms with E-state index in [2.05, 4.69) is 13.8 Å². The summed E-state index contributed by atoms with van der Waals surface area (Å²) in [6.45, 7) is 5.61. The van der Waals surface area contributed by atoms with Crippen LogP contribution in [-0.4, -0.2) is 36.1 Å². The molecule has 0 aliphatic rings. The van der Waals surface area contributed by atoms with E-state index in [1.165, 1.54) is 12.1 Å². The number of nitrogens with zero attached hydrogens (tertiary/aromatic N) is 1. The Morgan fingerprint density at radius 1 is 1.30 bits per heavy atom. The fourth-order valence-electron chi connectivity index (χ4n) is 1.93. The van der Waals surface area contributed by atoms with Crippen LogP contribution in [0.4, 0.5) is 0 Å². The zero-order valence-corrected chi connectivity index (χ0v) is 12.4. The molecule has 1 N–H and O–H groups in total. The van der Waals surface area contributed by atoms with Crippen LogP contribution >= 0.6 is 0 Å². The number of carbonyl (C=O) groups is 1. The van der Waals surface area contributed by atoms with Gasteiger partial charge in [-0.1, -0.05) is 13.8 Å². The van der Waals surface area contributed by atoms with Crippen molar-refractivity contribution in [1.29, 1.82) is 0 Å². The number of benzene rings is 1. The first-order chi connectivity index (χ1) is 9.62. The minimum Gasteiger partial charge on any atom is -0.507 e. The van der Waals surface area contributed by atoms with Gasteiger partial charge in [-0.15, -0.1) is 0 Å². The monoisotopic (exact) mass is 277 g/mol. The van der Waals surface area contributed by atoms with Gasteiger partial charge in [0.1, 0.15) is 11.5 Å². The van der Waals surface area contributed by atoms with Crippen LogP contribution in [0.15, 0.2) is 24.3 Å². The number of phenols is 1. The molecule has 1 amide bonds. The molecular formula is C16H23NO3. The maximum Gasteiger partial charge on any atom is 0.246 e. The maximum atomic E-state index is 12.1. The lowest BCUT2D eigenvalue weighted by atomic mass is 10.1. The van der Waals surface area contributed by atoms with E-state index in [9.17, 15) is 9.90 Å². The topological polar surface area (TPSA) is 49.8 Å². The molecule has 0 aliphatic heterocycles. The van der Waals surface area contributed by atoms with Crippen molar-refractivity contribution < 1.29 is 14.6 Å². The molecule has 4 nitrogen and oxygen atoms in total. The molecule has 20 heavy (non-hydrogen) atoms. The summed E-state index contributed by atoms with van der Waals surface area (Å²) < 4.78 is 5.02. The lowest BCUT2D eigenvalue weighted by molar-refractivity contribution is -0.126. The molecule has 0 heterocycles. The predicted molar refractivity (Wildman–Crippen MR) is 80.9 cm³/mol. The van der Waals surface area contributed by atoms with E-state index in [1.54, 1.807) is 25.3 Å². The second kappa shape index (κ2) is 8.25. The lowest BCUT2D eigenvalue weighted by Gasteiger charge is -2.19. The SMILES string of the molecule is CCCN(CCC)C(=O)/C=C/c1ccc(OC)cc1O. The first-order valence-electron chi connectivity index (χ1n) is 6.96. The van der Waals surface area contributed by atoms with Crippen LogP contribution < -0.4 is 4.74 Å². The second-order valence-electron chi connectivity index (χ2n) is 4.58. The first kappa shape index (κ1) is 16.1. The summed E-state index contributed by atoms with van der Waals surface area (Å²) in [5.41, 5.74) is 0.604. The number of hydrogen-bond donors (Lipinski definition) is 1. The minimum absolute atomic E-state index is 0.0241. The van der Waals surface area contributed by atoms with Crippen molar-refractivity contribution in [3.63, 3.8) is 0 Å². The van der Waals surface area contributed by atoms with Crippen LogP contribution in [0.25, 0.3) is 6.08 Å². The van der Waals surface area contributed by atoms with E-state index >= 15 is 0 Å². The third-order valence-electron chi connectivity index (χ3n) is 2.94. The van der Waals surface area contributed by atoms with Crippen molar-refractivity contribution in [3.05, 3.63) is 29.8 Å². The van der Waals surface area contributed by atoms with Crippen molar-refractivity contribution in [2.24, 2.45) is 0 Å². The molecule has 0 bridgehead atoms. The summed E-state index contributed by atoms with van der Waals surface area (Å²) in [5.74, 6) is 0.666. The Morgan fingerprint density at radius 3 is 2.45 bits per heavy atom. The van der Waals surface area contributed by atoms with Gasteiger partial charge in [-0.2, -0.15) is 0 Å². The normalized spacial score (nSPS) is 10.8. The first-order valence-corrected chi connectivity index (χ1v) is 6.96. The highest BCUT2D eigenvalue weighted by Crippen LogP contribution is 2.24. The summed E-state index contributed by atoms with van der Waals surface area (Å²) in [7, 11) is 1.54. The van der Waals surface area contributed by atoms with E-state index in [1.807, 2.05) is 4.90 Å². The minimum atomic E-state index is -0.0241. The predicted octanol–water partition coefficient (Wildman–Crippen LogP) is 3.06. The highest BCUT2D eigenvalue weighted by atomic mass is 16.5. The molecule has 4 heteroatoms. The smallest absolute Gasteiger partial charge is 0.246 e. The Kier molecular flexibility index (Phi) is 6.64. The molecule has 1 aromatic carbocycles. The third kappa shape index (κ3) is 4.61. The summed E-state index contributed by atoms with van der Waals surface area (Å²) in [6.07, 6.45) is 5.02. The molecular weight excluding hydrogens is 254 g/mol. The highest BCUT2D eigenvalue weighted by Gasteiger charge is 2.08. The van der Waals surface area contributed by atoms with Crippen molar-refractivity contribution in [1.82, 2.24) is 4.90 Å². The Balaban J connectivity index is 2.77. The summed E-state index contributed by atoms with van der Waals surface area (Å²) in [4.78, 5) is 13.9. The second-order valence-corrected chi connectivity index (χ2v) is 4.58. The third-order valence-corrected chi connectivity index (χ3v) is 2.94. The maximum absolute atomic E-state index is 12.1. The fraction of sp³-hybridized carbons (Fsp3) is 0.438. The zero-order valence-electron chi connectivity index (χ0n) is 12.4. The number of phenolic OH excluding ortho intramolecular Hbond substituents is 1. The molecule has 0 spiro atoms. The Bertz CT molecular complexity index is 463. The van der Waals surface area contributed by atoms with Crippen LogP contribution in [0, 0.1) is 0 Å². The molecule has 0 aliphatic carbocycles. The van der Waals surface area contributed by atoms with Gasteiger partial charge in [-0.05, 0) is 31.1 Å². The highest BCUT2D eigenvalue weighted by molar-refractivity contribution is 5.92. The van der Waals surface area contributed by atoms with Gasteiger partial charge in [0.2, 0.25) is 5.91 Å². The molecule has 0 unspecified atom stereocenters. The molecule has 0 atom stereocenters. The molecule has 0 radical (unpaired) electrons. The van der Waals surface area contributed by atoms with Gasteiger partial charge in [0.05, 0.1) is 7.11 Å². The van der Waals surface area contributed by atoms with Crippen LogP contribution in [0.3, 0.4) is 0 Å². The van der Waals surface area contributed by atoms with E-state index in [0.717, 1.165) is 25.9 Å². The number of carbonyl (C=O) groups excluding carboxylic acids is 1. The number of aromatic hydroxyl groups is 1. The van der Waals surface area contributed by atoms with E-state index in [4.69, 9.17) is 4.74 Å². The van der Waals surface area contributed by atoms with Crippen molar-refractivity contribution in [3.8, 4) is 11.5 Å². The van der Waals surface area contributed by atoms with Crippen molar-refractivity contribution in [2.45, 2.75) is 26.7 Å². The fourth-order valence-corrected chi connectivity index (χ4v) is 1.93. The van der Waals surface area contributed by atoms with Crippen LogP contribution in [0.5, 0.6) is 11.5 Å². The summed E-state index contributed by atoms with van der Waals surface area (Å²) in [6, 6.07) is 5.00. The van der Waals surface area contributed by atoms with Crippen molar-refractivity contribution >= 4 is 12.0 Å². The average Bonchev–Trinajstić information content (AvgIpc) is 2.45. The van der Waals surface area contributed by atoms with Crippen LogP contribution in [0.1, 0.15) is 32.3 Å². The number of rotatable bonds is 7. The zero-order chi connectivity index (χ0) is 15.0. The quantitative estimate of drug-likeness (QED) is 0.779. The van der Waals surface area contributed by atoms with Gasteiger partial charge >= 0.3 is 0 Å². The molecule has 110 valence electrons. The Morgan fingerprint density at radius 2 is 1.95 bits per heavy atom. The molecule has 1 aromatic rings. The van der Waals surface area contributed by atoms with E-state index in [-0.39, 0.29) is 11.7 Å². The molecule has 0 saturated carbocycles. The van der Waals surface area contributed by atoms with Gasteiger partial charge in [0, 0.05) is 30.8 Å². The molecule has 0 fully saturated rings. The Hall–Kier alpha value is -1.97. The van der Waals surface area contributed by atoms with Crippen LogP contribution in [-0.2, 0) is 4.79 Å². The van der Waals surface area contributed by atoms with Crippen LogP contribution in [0.2, 0.25) is 0 Å². The molecule has 1 rings (SSSR count). The van der Waals surface area contributed by atoms with Gasteiger partial charge < -0.3 is 14.7 Å². The number of ether oxygens (including phenoxy) is 1. The number of hydrogen-bond acceptors (Lipinski definition) is 3. The van der Waals surface area contributed by atoms with Gasteiger partial charge in [0.15, 0.2) is 0 Å². The number of amides is 1. The van der Waals surface area contributed by atoms with Gasteiger partial charge in [-0.25, -0.2) is 0 Å². The van der Waals surface area contributed by atoms with Gasteiger partial charge in [0.25, 0.3) is 0 Å². The molecule has 0 saturated heterocycles. The number of methoxy groups -OCH3 is 1. The molecule has 0 aromatic heterocycles. The Labute approximate surface area is 120 Å². The van der Waals surface area contributed by atoms with Crippen molar-refractivity contribution in [2.75, 3.05) is 20.2 Å². The average molecular weight is 277 g/mol.